The normalized spacial score (nSPS) is 12.2. The van der Waals surface area contributed by atoms with Crippen molar-refractivity contribution < 1.29 is 24.9 Å². The van der Waals surface area contributed by atoms with E-state index in [9.17, 15) is 15.0 Å². The molecule has 5 heteroatoms. The number of aromatic hydroxyl groups is 1. The fourth-order valence-electron chi connectivity index (χ4n) is 1.30. The predicted molar refractivity (Wildman–Crippen MR) is 52.0 cm³/mol. The van der Waals surface area contributed by atoms with Crippen molar-refractivity contribution in [3.63, 3.8) is 0 Å². The van der Waals surface area contributed by atoms with E-state index in [1.54, 1.807) is 13.0 Å². The molecule has 1 aromatic rings. The Morgan fingerprint density at radius 3 is 2.53 bits per heavy atom. The SMILES string of the molecule is COc1c(C)ccc(C(O)C(=O)O)c1O. The zero-order valence-electron chi connectivity index (χ0n) is 8.39. The first-order chi connectivity index (χ1) is 6.99. The molecule has 15 heavy (non-hydrogen) atoms. The highest BCUT2D eigenvalue weighted by molar-refractivity contribution is 5.76. The van der Waals surface area contributed by atoms with Gasteiger partial charge in [0.05, 0.1) is 7.11 Å². The van der Waals surface area contributed by atoms with Gasteiger partial charge in [0.1, 0.15) is 0 Å². The molecule has 0 bridgehead atoms. The van der Waals surface area contributed by atoms with Gasteiger partial charge in [0.25, 0.3) is 0 Å². The molecule has 0 aliphatic carbocycles. The van der Waals surface area contributed by atoms with Crippen LogP contribution in [0.5, 0.6) is 11.5 Å². The van der Waals surface area contributed by atoms with Gasteiger partial charge in [0.15, 0.2) is 17.6 Å². The molecule has 5 nitrogen and oxygen atoms in total. The monoisotopic (exact) mass is 212 g/mol. The number of hydrogen-bond donors (Lipinski definition) is 3. The Labute approximate surface area is 86.5 Å². The van der Waals surface area contributed by atoms with Crippen molar-refractivity contribution in [2.75, 3.05) is 7.11 Å². The molecule has 1 atom stereocenters. The first-order valence-corrected chi connectivity index (χ1v) is 4.26. The summed E-state index contributed by atoms with van der Waals surface area (Å²) in [6.45, 7) is 1.70. The first kappa shape index (κ1) is 11.3. The van der Waals surface area contributed by atoms with Crippen LogP contribution in [0.1, 0.15) is 17.2 Å². The number of carbonyl (C=O) groups is 1. The van der Waals surface area contributed by atoms with Crippen LogP contribution >= 0.6 is 0 Å². The topological polar surface area (TPSA) is 87.0 Å². The number of carboxylic acids is 1. The molecule has 0 aliphatic heterocycles. The number of benzene rings is 1. The number of aliphatic hydroxyl groups is 1. The van der Waals surface area contributed by atoms with Crippen LogP contribution in [0.2, 0.25) is 0 Å². The fraction of sp³-hybridized carbons (Fsp3) is 0.300. The van der Waals surface area contributed by atoms with Gasteiger partial charge in [0.2, 0.25) is 0 Å². The quantitative estimate of drug-likeness (QED) is 0.690. The summed E-state index contributed by atoms with van der Waals surface area (Å²) in [4.78, 5) is 10.5. The summed E-state index contributed by atoms with van der Waals surface area (Å²) < 4.78 is 4.89. The maximum atomic E-state index is 10.5. The molecule has 0 radical (unpaired) electrons. The van der Waals surface area contributed by atoms with Gasteiger partial charge in [-0.05, 0) is 12.5 Å². The molecular weight excluding hydrogens is 200 g/mol. The standard InChI is InChI=1S/C10H12O5/c1-5-3-4-6(8(12)10(13)14)7(11)9(5)15-2/h3-4,8,11-12H,1-2H3,(H,13,14). The molecule has 0 aliphatic rings. The Balaban J connectivity index is 3.27. The van der Waals surface area contributed by atoms with E-state index in [-0.39, 0.29) is 17.1 Å². The number of phenolic OH excluding ortho intramolecular Hbond substituents is 1. The van der Waals surface area contributed by atoms with Crippen molar-refractivity contribution in [1.29, 1.82) is 0 Å². The van der Waals surface area contributed by atoms with Gasteiger partial charge in [-0.2, -0.15) is 0 Å². The van der Waals surface area contributed by atoms with Crippen molar-refractivity contribution in [3.8, 4) is 11.5 Å². The second kappa shape index (κ2) is 4.18. The largest absolute Gasteiger partial charge is 0.504 e. The molecule has 1 rings (SSSR count). The minimum atomic E-state index is -1.75. The van der Waals surface area contributed by atoms with Gasteiger partial charge >= 0.3 is 5.97 Å². The van der Waals surface area contributed by atoms with Crippen molar-refractivity contribution in [3.05, 3.63) is 23.3 Å². The van der Waals surface area contributed by atoms with Crippen LogP contribution in [-0.4, -0.2) is 28.4 Å². The molecule has 3 N–H and O–H groups in total. The van der Waals surface area contributed by atoms with Gasteiger partial charge in [-0.15, -0.1) is 0 Å². The number of phenols is 1. The third kappa shape index (κ3) is 2.02. The Hall–Kier alpha value is -1.75. The molecule has 1 aromatic carbocycles. The molecule has 0 saturated carbocycles. The number of ether oxygens (including phenoxy) is 1. The maximum Gasteiger partial charge on any atom is 0.337 e. The van der Waals surface area contributed by atoms with Gasteiger partial charge in [-0.25, -0.2) is 4.79 Å². The molecule has 0 saturated heterocycles. The fourth-order valence-corrected chi connectivity index (χ4v) is 1.30. The van der Waals surface area contributed by atoms with Gasteiger partial charge in [-0.1, -0.05) is 12.1 Å². The first-order valence-electron chi connectivity index (χ1n) is 4.26. The van der Waals surface area contributed by atoms with E-state index in [2.05, 4.69) is 0 Å². The maximum absolute atomic E-state index is 10.5. The van der Waals surface area contributed by atoms with Gasteiger partial charge < -0.3 is 20.1 Å². The van der Waals surface area contributed by atoms with E-state index < -0.39 is 12.1 Å². The summed E-state index contributed by atoms with van der Waals surface area (Å²) in [5.74, 6) is -1.59. The Morgan fingerprint density at radius 1 is 1.47 bits per heavy atom. The summed E-state index contributed by atoms with van der Waals surface area (Å²) in [5, 5.41) is 27.5. The second-order valence-electron chi connectivity index (χ2n) is 3.09. The predicted octanol–water partition coefficient (Wildman–Crippen LogP) is 0.827. The van der Waals surface area contributed by atoms with Crippen LogP contribution in [0.15, 0.2) is 12.1 Å². The van der Waals surface area contributed by atoms with Crippen molar-refractivity contribution in [2.24, 2.45) is 0 Å². The molecule has 0 fully saturated rings. The number of hydrogen-bond acceptors (Lipinski definition) is 4. The van der Waals surface area contributed by atoms with Crippen molar-refractivity contribution in [2.45, 2.75) is 13.0 Å². The van der Waals surface area contributed by atoms with E-state index >= 15 is 0 Å². The molecule has 0 aromatic heterocycles. The van der Waals surface area contributed by atoms with E-state index in [0.717, 1.165) is 0 Å². The van der Waals surface area contributed by atoms with Crippen LogP contribution in [0.25, 0.3) is 0 Å². The van der Waals surface area contributed by atoms with Crippen molar-refractivity contribution in [1.82, 2.24) is 0 Å². The average molecular weight is 212 g/mol. The van der Waals surface area contributed by atoms with E-state index in [4.69, 9.17) is 9.84 Å². The zero-order chi connectivity index (χ0) is 11.6. The molecule has 0 spiro atoms. The molecule has 0 heterocycles. The number of rotatable bonds is 3. The van der Waals surface area contributed by atoms with Gasteiger partial charge in [-0.3, -0.25) is 0 Å². The third-order valence-electron chi connectivity index (χ3n) is 2.09. The van der Waals surface area contributed by atoms with Crippen LogP contribution in [0.4, 0.5) is 0 Å². The lowest BCUT2D eigenvalue weighted by molar-refractivity contribution is -0.147. The zero-order valence-corrected chi connectivity index (χ0v) is 8.39. The Morgan fingerprint density at radius 2 is 2.07 bits per heavy atom. The molecular formula is C10H12O5. The number of aliphatic hydroxyl groups excluding tert-OH is 1. The van der Waals surface area contributed by atoms with Gasteiger partial charge in [0, 0.05) is 5.56 Å². The summed E-state index contributed by atoms with van der Waals surface area (Å²) in [5.41, 5.74) is 0.585. The number of aryl methyl sites for hydroxylation is 1. The van der Waals surface area contributed by atoms with Crippen LogP contribution in [0.3, 0.4) is 0 Å². The number of aliphatic carboxylic acids is 1. The summed E-state index contributed by atoms with van der Waals surface area (Å²) >= 11 is 0. The van der Waals surface area contributed by atoms with E-state index in [1.807, 2.05) is 0 Å². The van der Waals surface area contributed by atoms with E-state index in [1.165, 1.54) is 13.2 Å². The minimum Gasteiger partial charge on any atom is -0.504 e. The second-order valence-corrected chi connectivity index (χ2v) is 3.09. The Bertz CT molecular complexity index is 386. The smallest absolute Gasteiger partial charge is 0.337 e. The van der Waals surface area contributed by atoms with E-state index in [0.29, 0.717) is 5.56 Å². The van der Waals surface area contributed by atoms with Crippen molar-refractivity contribution >= 4 is 5.97 Å². The summed E-state index contributed by atoms with van der Waals surface area (Å²) in [6, 6.07) is 2.92. The highest BCUT2D eigenvalue weighted by Gasteiger charge is 2.22. The number of methoxy groups -OCH3 is 1. The van der Waals surface area contributed by atoms with Crippen LogP contribution in [0, 0.1) is 6.92 Å². The lowest BCUT2D eigenvalue weighted by Crippen LogP contribution is -2.11. The molecule has 82 valence electrons. The third-order valence-corrected chi connectivity index (χ3v) is 2.09. The average Bonchev–Trinajstić information content (AvgIpc) is 2.17. The lowest BCUT2D eigenvalue weighted by Gasteiger charge is -2.13. The van der Waals surface area contributed by atoms with Crippen LogP contribution < -0.4 is 4.74 Å². The number of carboxylic acid groups (broad SMARTS) is 1. The Kier molecular flexibility index (Phi) is 3.16. The summed E-state index contributed by atoms with van der Waals surface area (Å²) in [6.07, 6.45) is -1.75. The lowest BCUT2D eigenvalue weighted by atomic mass is 10.0. The molecule has 1 unspecified atom stereocenters. The highest BCUT2D eigenvalue weighted by atomic mass is 16.5. The minimum absolute atomic E-state index is 0.0787. The molecule has 0 amide bonds. The van der Waals surface area contributed by atoms with Crippen LogP contribution in [-0.2, 0) is 4.79 Å². The summed E-state index contributed by atoms with van der Waals surface area (Å²) in [7, 11) is 1.36. The highest BCUT2D eigenvalue weighted by Crippen LogP contribution is 2.36.